The molecule has 0 aliphatic heterocycles. The van der Waals surface area contributed by atoms with E-state index in [4.69, 9.17) is 17.3 Å². The molecule has 3 amide bonds. The van der Waals surface area contributed by atoms with Crippen LogP contribution in [0.25, 0.3) is 0 Å². The second kappa shape index (κ2) is 6.08. The second-order valence-corrected chi connectivity index (χ2v) is 4.41. The van der Waals surface area contributed by atoms with E-state index < -0.39 is 6.03 Å². The zero-order chi connectivity index (χ0) is 14.5. The molecule has 102 valence electrons. The lowest BCUT2D eigenvalue weighted by Crippen LogP contribution is -2.19. The molecule has 6 heteroatoms. The van der Waals surface area contributed by atoms with Gasteiger partial charge in [0.2, 0.25) is 0 Å². The van der Waals surface area contributed by atoms with Crippen LogP contribution in [0.3, 0.4) is 0 Å². The number of nitrogens with one attached hydrogen (secondary N) is 2. The Bertz CT molecular complexity index is 658. The second-order valence-electron chi connectivity index (χ2n) is 4.00. The SMILES string of the molecule is NC(=O)Nc1cccc(C(=O)Nc2ccccc2Cl)c1. The molecule has 0 aliphatic carbocycles. The Hall–Kier alpha value is -2.53. The minimum atomic E-state index is -0.686. The quantitative estimate of drug-likeness (QED) is 0.811. The maximum absolute atomic E-state index is 12.1. The number of halogens is 1. The van der Waals surface area contributed by atoms with Crippen molar-refractivity contribution in [2.24, 2.45) is 5.73 Å². The number of hydrogen-bond acceptors (Lipinski definition) is 2. The monoisotopic (exact) mass is 289 g/mol. The number of anilines is 2. The summed E-state index contributed by atoms with van der Waals surface area (Å²) < 4.78 is 0. The largest absolute Gasteiger partial charge is 0.351 e. The zero-order valence-corrected chi connectivity index (χ0v) is 11.1. The lowest BCUT2D eigenvalue weighted by Gasteiger charge is -2.08. The summed E-state index contributed by atoms with van der Waals surface area (Å²) in [4.78, 5) is 22.9. The minimum absolute atomic E-state index is 0.328. The van der Waals surface area contributed by atoms with Crippen LogP contribution in [0, 0.1) is 0 Å². The van der Waals surface area contributed by atoms with Gasteiger partial charge in [-0.05, 0) is 30.3 Å². The van der Waals surface area contributed by atoms with Crippen molar-refractivity contribution in [1.29, 1.82) is 0 Å². The fourth-order valence-electron chi connectivity index (χ4n) is 1.64. The van der Waals surface area contributed by atoms with Gasteiger partial charge in [0.05, 0.1) is 10.7 Å². The van der Waals surface area contributed by atoms with Crippen molar-refractivity contribution in [1.82, 2.24) is 0 Å². The normalized spacial score (nSPS) is 9.85. The molecule has 0 heterocycles. The predicted molar refractivity (Wildman–Crippen MR) is 79.1 cm³/mol. The highest BCUT2D eigenvalue weighted by atomic mass is 35.5. The number of hydrogen-bond donors (Lipinski definition) is 3. The van der Waals surface area contributed by atoms with Crippen LogP contribution in [-0.2, 0) is 0 Å². The van der Waals surface area contributed by atoms with Gasteiger partial charge in [0.15, 0.2) is 0 Å². The fraction of sp³-hybridized carbons (Fsp3) is 0. The van der Waals surface area contributed by atoms with Gasteiger partial charge in [-0.1, -0.05) is 29.8 Å². The van der Waals surface area contributed by atoms with E-state index >= 15 is 0 Å². The first-order valence-corrected chi connectivity index (χ1v) is 6.16. The number of carbonyl (C=O) groups is 2. The van der Waals surface area contributed by atoms with Gasteiger partial charge < -0.3 is 16.4 Å². The van der Waals surface area contributed by atoms with E-state index in [-0.39, 0.29) is 5.91 Å². The Kier molecular flexibility index (Phi) is 4.22. The summed E-state index contributed by atoms with van der Waals surface area (Å²) in [5, 5.41) is 5.55. The van der Waals surface area contributed by atoms with E-state index in [1.807, 2.05) is 0 Å². The average molecular weight is 290 g/mol. The first-order chi connectivity index (χ1) is 9.56. The molecule has 20 heavy (non-hydrogen) atoms. The van der Waals surface area contributed by atoms with Crippen LogP contribution < -0.4 is 16.4 Å². The molecule has 4 N–H and O–H groups in total. The summed E-state index contributed by atoms with van der Waals surface area (Å²) in [5.74, 6) is -0.328. The van der Waals surface area contributed by atoms with Crippen LogP contribution >= 0.6 is 11.6 Å². The third kappa shape index (κ3) is 3.49. The van der Waals surface area contributed by atoms with Crippen LogP contribution in [0.2, 0.25) is 5.02 Å². The molecule has 2 aromatic carbocycles. The zero-order valence-electron chi connectivity index (χ0n) is 10.4. The fourth-order valence-corrected chi connectivity index (χ4v) is 1.82. The molecule has 0 spiro atoms. The van der Waals surface area contributed by atoms with Crippen LogP contribution in [0.5, 0.6) is 0 Å². The number of primary amides is 1. The van der Waals surface area contributed by atoms with Gasteiger partial charge >= 0.3 is 6.03 Å². The summed E-state index contributed by atoms with van der Waals surface area (Å²) in [5.41, 5.74) is 6.38. The Labute approximate surface area is 120 Å². The summed E-state index contributed by atoms with van der Waals surface area (Å²) in [7, 11) is 0. The van der Waals surface area contributed by atoms with E-state index in [0.29, 0.717) is 22.0 Å². The standard InChI is InChI=1S/C14H12ClN3O2/c15-11-6-1-2-7-12(11)18-13(19)9-4-3-5-10(8-9)17-14(16)20/h1-8H,(H,18,19)(H3,16,17,20). The molecular weight excluding hydrogens is 278 g/mol. The third-order valence-electron chi connectivity index (χ3n) is 2.51. The molecule has 0 aliphatic rings. The van der Waals surface area contributed by atoms with Gasteiger partial charge in [-0.3, -0.25) is 4.79 Å². The number of amides is 3. The van der Waals surface area contributed by atoms with Gasteiger partial charge in [0.1, 0.15) is 0 Å². The van der Waals surface area contributed by atoms with Crippen molar-refractivity contribution >= 4 is 34.9 Å². The number of carbonyl (C=O) groups excluding carboxylic acids is 2. The molecule has 5 nitrogen and oxygen atoms in total. The van der Waals surface area contributed by atoms with Crippen molar-refractivity contribution in [2.45, 2.75) is 0 Å². The predicted octanol–water partition coefficient (Wildman–Crippen LogP) is 3.08. The summed E-state index contributed by atoms with van der Waals surface area (Å²) in [6, 6.07) is 12.7. The van der Waals surface area contributed by atoms with Crippen molar-refractivity contribution in [3.8, 4) is 0 Å². The van der Waals surface area contributed by atoms with Gasteiger partial charge in [-0.2, -0.15) is 0 Å². The van der Waals surface area contributed by atoms with E-state index in [2.05, 4.69) is 10.6 Å². The van der Waals surface area contributed by atoms with Gasteiger partial charge in [-0.25, -0.2) is 4.79 Å². The van der Waals surface area contributed by atoms with Crippen LogP contribution in [-0.4, -0.2) is 11.9 Å². The highest BCUT2D eigenvalue weighted by Crippen LogP contribution is 2.21. The molecule has 2 aromatic rings. The van der Waals surface area contributed by atoms with Gasteiger partial charge in [0.25, 0.3) is 5.91 Å². The number of urea groups is 1. The van der Waals surface area contributed by atoms with E-state index in [9.17, 15) is 9.59 Å². The van der Waals surface area contributed by atoms with Crippen LogP contribution in [0.4, 0.5) is 16.2 Å². The topological polar surface area (TPSA) is 84.2 Å². The Morgan fingerprint density at radius 1 is 1.00 bits per heavy atom. The maximum atomic E-state index is 12.1. The number of benzene rings is 2. The van der Waals surface area contributed by atoms with Crippen LogP contribution in [0.15, 0.2) is 48.5 Å². The van der Waals surface area contributed by atoms with Gasteiger partial charge in [0, 0.05) is 11.3 Å². The molecule has 0 aromatic heterocycles. The van der Waals surface area contributed by atoms with Crippen LogP contribution in [0.1, 0.15) is 10.4 Å². The summed E-state index contributed by atoms with van der Waals surface area (Å²) >= 11 is 5.97. The average Bonchev–Trinajstić information content (AvgIpc) is 2.41. The molecule has 2 rings (SSSR count). The Morgan fingerprint density at radius 2 is 1.75 bits per heavy atom. The Morgan fingerprint density at radius 3 is 2.45 bits per heavy atom. The lowest BCUT2D eigenvalue weighted by molar-refractivity contribution is 0.102. The number of rotatable bonds is 3. The molecule has 0 saturated carbocycles. The van der Waals surface area contributed by atoms with E-state index in [1.165, 1.54) is 6.07 Å². The lowest BCUT2D eigenvalue weighted by atomic mass is 10.2. The first kappa shape index (κ1) is 13.9. The van der Waals surface area contributed by atoms with E-state index in [0.717, 1.165) is 0 Å². The first-order valence-electron chi connectivity index (χ1n) is 5.78. The summed E-state index contributed by atoms with van der Waals surface area (Å²) in [6.45, 7) is 0. The highest BCUT2D eigenvalue weighted by Gasteiger charge is 2.09. The molecular formula is C14H12ClN3O2. The van der Waals surface area contributed by atoms with Crippen molar-refractivity contribution < 1.29 is 9.59 Å². The molecule has 0 fully saturated rings. The molecule has 0 unspecified atom stereocenters. The molecule has 0 saturated heterocycles. The maximum Gasteiger partial charge on any atom is 0.316 e. The number of para-hydroxylation sites is 1. The van der Waals surface area contributed by atoms with Crippen molar-refractivity contribution in [3.05, 3.63) is 59.1 Å². The third-order valence-corrected chi connectivity index (χ3v) is 2.84. The Balaban J connectivity index is 2.17. The van der Waals surface area contributed by atoms with E-state index in [1.54, 1.807) is 42.5 Å². The summed E-state index contributed by atoms with van der Waals surface area (Å²) in [6.07, 6.45) is 0. The highest BCUT2D eigenvalue weighted by molar-refractivity contribution is 6.33. The molecule has 0 atom stereocenters. The molecule has 0 bridgehead atoms. The van der Waals surface area contributed by atoms with Gasteiger partial charge in [-0.15, -0.1) is 0 Å². The molecule has 0 radical (unpaired) electrons. The van der Waals surface area contributed by atoms with Crippen molar-refractivity contribution in [3.63, 3.8) is 0 Å². The smallest absolute Gasteiger partial charge is 0.316 e. The minimum Gasteiger partial charge on any atom is -0.351 e. The van der Waals surface area contributed by atoms with Crippen molar-refractivity contribution in [2.75, 3.05) is 10.6 Å². The number of nitrogens with two attached hydrogens (primary N) is 1.